The molecule has 2 aromatic rings. The fourth-order valence-corrected chi connectivity index (χ4v) is 1.64. The fraction of sp³-hybridized carbons (Fsp3) is 0.300. The van der Waals surface area contributed by atoms with Gasteiger partial charge in [0.05, 0.1) is 24.0 Å². The largest absolute Gasteiger partial charge is 0.366 e. The molecule has 4 N–H and O–H groups in total. The molecule has 0 aliphatic carbocycles. The predicted molar refractivity (Wildman–Crippen MR) is 61.1 cm³/mol. The van der Waals surface area contributed by atoms with Gasteiger partial charge in [-0.15, -0.1) is 0 Å². The van der Waals surface area contributed by atoms with Crippen molar-refractivity contribution in [3.8, 4) is 0 Å². The Labute approximate surface area is 98.0 Å². The van der Waals surface area contributed by atoms with Gasteiger partial charge in [-0.2, -0.15) is 10.2 Å². The molecule has 0 spiro atoms. The van der Waals surface area contributed by atoms with E-state index in [9.17, 15) is 4.79 Å². The number of aromatic nitrogens is 4. The van der Waals surface area contributed by atoms with Gasteiger partial charge >= 0.3 is 0 Å². The molecule has 0 fully saturated rings. The molecule has 2 aromatic heterocycles. The molecule has 17 heavy (non-hydrogen) atoms. The summed E-state index contributed by atoms with van der Waals surface area (Å²) < 4.78 is 3.31. The lowest BCUT2D eigenvalue weighted by Crippen LogP contribution is -2.20. The van der Waals surface area contributed by atoms with Crippen LogP contribution in [0.4, 0.5) is 0 Å². The summed E-state index contributed by atoms with van der Waals surface area (Å²) in [5, 5.41) is 8.17. The monoisotopic (exact) mass is 234 g/mol. The highest BCUT2D eigenvalue weighted by atomic mass is 16.1. The van der Waals surface area contributed by atoms with Gasteiger partial charge in [-0.05, 0) is 0 Å². The molecule has 0 aliphatic rings. The first kappa shape index (κ1) is 11.3. The maximum absolute atomic E-state index is 11.0. The van der Waals surface area contributed by atoms with Crippen LogP contribution in [0.2, 0.25) is 0 Å². The van der Waals surface area contributed by atoms with Gasteiger partial charge in [0.1, 0.15) is 0 Å². The third kappa shape index (κ3) is 2.18. The van der Waals surface area contributed by atoms with Crippen LogP contribution in [0.15, 0.2) is 24.8 Å². The normalized spacial score (nSPS) is 12.6. The molecule has 0 bridgehead atoms. The SMILES string of the molecule is Cn1cc(C(CN)n2cc(C(N)=O)cn2)cn1. The predicted octanol–water partition coefficient (Wildman–Crippen LogP) is -0.736. The quantitative estimate of drug-likeness (QED) is 0.727. The lowest BCUT2D eigenvalue weighted by atomic mass is 10.1. The van der Waals surface area contributed by atoms with Crippen LogP contribution in [0.25, 0.3) is 0 Å². The topological polar surface area (TPSA) is 105 Å². The van der Waals surface area contributed by atoms with Crippen LogP contribution in [0, 0.1) is 0 Å². The molecular weight excluding hydrogens is 220 g/mol. The number of nitrogens with zero attached hydrogens (tertiary/aromatic N) is 4. The van der Waals surface area contributed by atoms with Crippen LogP contribution >= 0.6 is 0 Å². The number of aryl methyl sites for hydroxylation is 1. The van der Waals surface area contributed by atoms with Gasteiger partial charge in [0.25, 0.3) is 5.91 Å². The number of amides is 1. The van der Waals surface area contributed by atoms with Crippen molar-refractivity contribution in [2.24, 2.45) is 18.5 Å². The lowest BCUT2D eigenvalue weighted by molar-refractivity contribution is 0.1000. The van der Waals surface area contributed by atoms with Gasteiger partial charge in [0.2, 0.25) is 0 Å². The molecule has 2 heterocycles. The van der Waals surface area contributed by atoms with Crippen molar-refractivity contribution in [3.05, 3.63) is 35.9 Å². The zero-order chi connectivity index (χ0) is 12.4. The Morgan fingerprint density at radius 2 is 2.18 bits per heavy atom. The van der Waals surface area contributed by atoms with Crippen LogP contribution in [0.3, 0.4) is 0 Å². The van der Waals surface area contributed by atoms with Crippen molar-refractivity contribution in [2.75, 3.05) is 6.54 Å². The molecule has 0 aliphatic heterocycles. The van der Waals surface area contributed by atoms with Gasteiger partial charge in [-0.3, -0.25) is 14.2 Å². The van der Waals surface area contributed by atoms with E-state index in [0.717, 1.165) is 5.56 Å². The Kier molecular flexibility index (Phi) is 2.92. The average Bonchev–Trinajstić information content (AvgIpc) is 2.89. The van der Waals surface area contributed by atoms with Crippen molar-refractivity contribution in [1.29, 1.82) is 0 Å². The van der Waals surface area contributed by atoms with E-state index in [1.807, 2.05) is 13.2 Å². The van der Waals surface area contributed by atoms with E-state index >= 15 is 0 Å². The molecule has 1 atom stereocenters. The summed E-state index contributed by atoms with van der Waals surface area (Å²) in [5.74, 6) is -0.502. The first-order valence-corrected chi connectivity index (χ1v) is 5.14. The van der Waals surface area contributed by atoms with Crippen molar-refractivity contribution in [2.45, 2.75) is 6.04 Å². The molecule has 7 nitrogen and oxygen atoms in total. The molecule has 2 rings (SSSR count). The highest BCUT2D eigenvalue weighted by molar-refractivity contribution is 5.92. The molecule has 0 aromatic carbocycles. The van der Waals surface area contributed by atoms with Gasteiger partial charge in [-0.25, -0.2) is 0 Å². The van der Waals surface area contributed by atoms with Crippen molar-refractivity contribution in [3.63, 3.8) is 0 Å². The number of hydrogen-bond donors (Lipinski definition) is 2. The Morgan fingerprint density at radius 3 is 2.65 bits per heavy atom. The van der Waals surface area contributed by atoms with Crippen LogP contribution in [-0.2, 0) is 7.05 Å². The first-order valence-electron chi connectivity index (χ1n) is 5.14. The highest BCUT2D eigenvalue weighted by Crippen LogP contribution is 2.15. The Balaban J connectivity index is 2.31. The van der Waals surface area contributed by atoms with Gasteiger partial charge in [0, 0.05) is 31.5 Å². The average molecular weight is 234 g/mol. The third-order valence-corrected chi connectivity index (χ3v) is 2.54. The first-order chi connectivity index (χ1) is 8.11. The number of nitrogens with two attached hydrogens (primary N) is 2. The Bertz CT molecular complexity index is 528. The molecule has 90 valence electrons. The van der Waals surface area contributed by atoms with E-state index in [-0.39, 0.29) is 6.04 Å². The van der Waals surface area contributed by atoms with Gasteiger partial charge in [-0.1, -0.05) is 0 Å². The second kappa shape index (κ2) is 4.38. The number of carbonyl (C=O) groups is 1. The third-order valence-electron chi connectivity index (χ3n) is 2.54. The van der Waals surface area contributed by atoms with E-state index in [4.69, 9.17) is 11.5 Å². The van der Waals surface area contributed by atoms with Gasteiger partial charge in [0.15, 0.2) is 0 Å². The number of primary amides is 1. The second-order valence-electron chi connectivity index (χ2n) is 3.77. The standard InChI is InChI=1S/C10H14N6O/c1-15-5-7(3-13-15)9(2-11)16-6-8(4-14-16)10(12)17/h3-6,9H,2,11H2,1H3,(H2,12,17). The summed E-state index contributed by atoms with van der Waals surface area (Å²) >= 11 is 0. The summed E-state index contributed by atoms with van der Waals surface area (Å²) in [5.41, 5.74) is 12.2. The number of rotatable bonds is 4. The maximum atomic E-state index is 11.0. The van der Waals surface area contributed by atoms with E-state index in [1.54, 1.807) is 21.8 Å². The summed E-state index contributed by atoms with van der Waals surface area (Å²) in [6.07, 6.45) is 6.61. The summed E-state index contributed by atoms with van der Waals surface area (Å²) in [6, 6.07) is -0.142. The van der Waals surface area contributed by atoms with Crippen LogP contribution < -0.4 is 11.5 Å². The molecule has 0 saturated heterocycles. The summed E-state index contributed by atoms with van der Waals surface area (Å²) in [7, 11) is 1.83. The van der Waals surface area contributed by atoms with Crippen LogP contribution in [-0.4, -0.2) is 32.0 Å². The Morgan fingerprint density at radius 1 is 1.41 bits per heavy atom. The zero-order valence-corrected chi connectivity index (χ0v) is 9.45. The van der Waals surface area contributed by atoms with Crippen molar-refractivity contribution in [1.82, 2.24) is 19.6 Å². The minimum atomic E-state index is -0.502. The maximum Gasteiger partial charge on any atom is 0.251 e. The Hall–Kier alpha value is -2.15. The highest BCUT2D eigenvalue weighted by Gasteiger charge is 2.16. The molecule has 1 amide bonds. The van der Waals surface area contributed by atoms with E-state index < -0.39 is 5.91 Å². The second-order valence-corrected chi connectivity index (χ2v) is 3.77. The molecular formula is C10H14N6O. The number of carbonyl (C=O) groups excluding carboxylic acids is 1. The molecule has 7 heteroatoms. The lowest BCUT2D eigenvalue weighted by Gasteiger charge is -2.13. The van der Waals surface area contributed by atoms with Crippen molar-refractivity contribution < 1.29 is 4.79 Å². The minimum absolute atomic E-state index is 0.142. The van der Waals surface area contributed by atoms with Crippen LogP contribution in [0.1, 0.15) is 22.0 Å². The molecule has 1 unspecified atom stereocenters. The zero-order valence-electron chi connectivity index (χ0n) is 9.45. The molecule has 0 radical (unpaired) electrons. The van der Waals surface area contributed by atoms with Crippen molar-refractivity contribution >= 4 is 5.91 Å². The van der Waals surface area contributed by atoms with E-state index in [2.05, 4.69) is 10.2 Å². The van der Waals surface area contributed by atoms with E-state index in [0.29, 0.717) is 12.1 Å². The molecule has 0 saturated carbocycles. The van der Waals surface area contributed by atoms with Crippen LogP contribution in [0.5, 0.6) is 0 Å². The number of hydrogen-bond acceptors (Lipinski definition) is 4. The fourth-order valence-electron chi connectivity index (χ4n) is 1.64. The van der Waals surface area contributed by atoms with E-state index in [1.165, 1.54) is 6.20 Å². The minimum Gasteiger partial charge on any atom is -0.366 e. The summed E-state index contributed by atoms with van der Waals surface area (Å²) in [4.78, 5) is 11.0. The van der Waals surface area contributed by atoms with Gasteiger partial charge < -0.3 is 11.5 Å². The summed E-state index contributed by atoms with van der Waals surface area (Å²) in [6.45, 7) is 0.367. The smallest absolute Gasteiger partial charge is 0.251 e.